The van der Waals surface area contributed by atoms with Crippen molar-refractivity contribution in [3.63, 3.8) is 0 Å². The second kappa shape index (κ2) is 5.96. The van der Waals surface area contributed by atoms with Crippen LogP contribution in [-0.2, 0) is 4.74 Å². The zero-order valence-electron chi connectivity index (χ0n) is 11.1. The molecule has 1 fully saturated rings. The summed E-state index contributed by atoms with van der Waals surface area (Å²) in [6.45, 7) is 2.36. The average Bonchev–Trinajstić information content (AvgIpc) is 2.34. The van der Waals surface area contributed by atoms with E-state index >= 15 is 0 Å². The molecule has 2 atom stereocenters. The van der Waals surface area contributed by atoms with E-state index in [1.54, 1.807) is 13.8 Å². The van der Waals surface area contributed by atoms with Gasteiger partial charge in [-0.2, -0.15) is 13.2 Å². The van der Waals surface area contributed by atoms with Crippen LogP contribution in [0.4, 0.5) is 18.0 Å². The van der Waals surface area contributed by atoms with Gasteiger partial charge in [0.05, 0.1) is 19.8 Å². The molecule has 0 radical (unpaired) electrons. The van der Waals surface area contributed by atoms with Crippen LogP contribution in [0.1, 0.15) is 13.8 Å². The summed E-state index contributed by atoms with van der Waals surface area (Å²) in [5.41, 5.74) is 0. The number of aliphatic hydroxyl groups excluding tert-OH is 1. The minimum Gasteiger partial charge on any atom is -0.453 e. The van der Waals surface area contributed by atoms with Gasteiger partial charge in [0.25, 0.3) is 0 Å². The normalized spacial score (nSPS) is 25.8. The molecule has 1 N–H and O–H groups in total. The van der Waals surface area contributed by atoms with Gasteiger partial charge in [-0.05, 0) is 13.8 Å². The Morgan fingerprint density at radius 1 is 1.42 bits per heavy atom. The number of carbonyl (C=O) groups is 1. The molecule has 8 heteroatoms. The number of methoxy groups -OCH3 is 1. The van der Waals surface area contributed by atoms with Gasteiger partial charge in [0.1, 0.15) is 6.04 Å². The summed E-state index contributed by atoms with van der Waals surface area (Å²) in [7, 11) is 1.12. The molecule has 0 aliphatic carbocycles. The second-order valence-electron chi connectivity index (χ2n) is 4.81. The van der Waals surface area contributed by atoms with Crippen molar-refractivity contribution in [3.05, 3.63) is 0 Å². The summed E-state index contributed by atoms with van der Waals surface area (Å²) in [4.78, 5) is 13.6. The van der Waals surface area contributed by atoms with Gasteiger partial charge in [-0.25, -0.2) is 4.79 Å². The molecule has 0 bridgehead atoms. The maximum Gasteiger partial charge on any atom is 0.409 e. The van der Waals surface area contributed by atoms with E-state index in [-0.39, 0.29) is 12.6 Å². The highest BCUT2D eigenvalue weighted by molar-refractivity contribution is 5.67. The highest BCUT2D eigenvalue weighted by atomic mass is 19.4. The number of nitrogens with zero attached hydrogens (tertiary/aromatic N) is 2. The van der Waals surface area contributed by atoms with Gasteiger partial charge in [-0.1, -0.05) is 0 Å². The minimum absolute atomic E-state index is 0.0218. The smallest absolute Gasteiger partial charge is 0.409 e. The van der Waals surface area contributed by atoms with Gasteiger partial charge in [0.15, 0.2) is 0 Å². The molecule has 1 aliphatic rings. The van der Waals surface area contributed by atoms with Gasteiger partial charge < -0.3 is 14.7 Å². The van der Waals surface area contributed by atoms with Crippen LogP contribution < -0.4 is 0 Å². The summed E-state index contributed by atoms with van der Waals surface area (Å²) in [5.74, 6) is 0. The molecule has 0 saturated carbocycles. The molecule has 112 valence electrons. The fourth-order valence-corrected chi connectivity index (χ4v) is 2.46. The molecule has 5 nitrogen and oxygen atoms in total. The van der Waals surface area contributed by atoms with Crippen LogP contribution in [0.25, 0.3) is 0 Å². The largest absolute Gasteiger partial charge is 0.453 e. The number of hydrogen-bond acceptors (Lipinski definition) is 4. The number of hydrogen-bond donors (Lipinski definition) is 1. The molecule has 1 aliphatic heterocycles. The predicted molar refractivity (Wildman–Crippen MR) is 61.7 cm³/mol. The average molecular weight is 284 g/mol. The maximum atomic E-state index is 13.1. The van der Waals surface area contributed by atoms with Crippen molar-refractivity contribution in [1.29, 1.82) is 0 Å². The van der Waals surface area contributed by atoms with E-state index in [4.69, 9.17) is 0 Å². The topological polar surface area (TPSA) is 53.0 Å². The van der Waals surface area contributed by atoms with Crippen molar-refractivity contribution in [3.8, 4) is 0 Å². The summed E-state index contributed by atoms with van der Waals surface area (Å²) >= 11 is 0. The van der Waals surface area contributed by atoms with E-state index in [0.29, 0.717) is 0 Å². The number of halogens is 3. The first-order chi connectivity index (χ1) is 8.72. The Hall–Kier alpha value is -1.02. The van der Waals surface area contributed by atoms with Crippen molar-refractivity contribution >= 4 is 6.09 Å². The van der Waals surface area contributed by atoms with Gasteiger partial charge in [-0.15, -0.1) is 0 Å². The summed E-state index contributed by atoms with van der Waals surface area (Å²) < 4.78 is 43.8. The first kappa shape index (κ1) is 16.0. The lowest BCUT2D eigenvalue weighted by Gasteiger charge is -2.48. The Morgan fingerprint density at radius 3 is 2.37 bits per heavy atom. The van der Waals surface area contributed by atoms with Crippen LogP contribution in [0.2, 0.25) is 0 Å². The second-order valence-corrected chi connectivity index (χ2v) is 4.81. The Labute approximate surface area is 109 Å². The van der Waals surface area contributed by atoms with Crippen LogP contribution in [-0.4, -0.2) is 72.1 Å². The molecular formula is C11H19F3N2O3. The third-order valence-electron chi connectivity index (χ3n) is 3.22. The number of rotatable bonds is 2. The Balaban J connectivity index is 3.02. The van der Waals surface area contributed by atoms with Gasteiger partial charge in [0, 0.05) is 19.1 Å². The minimum atomic E-state index is -4.47. The van der Waals surface area contributed by atoms with Crippen molar-refractivity contribution in [1.82, 2.24) is 9.80 Å². The first-order valence-corrected chi connectivity index (χ1v) is 6.00. The Kier molecular flexibility index (Phi) is 5.03. The monoisotopic (exact) mass is 284 g/mol. The quantitative estimate of drug-likeness (QED) is 0.824. The Morgan fingerprint density at radius 2 is 2.00 bits per heavy atom. The van der Waals surface area contributed by atoms with E-state index in [9.17, 15) is 23.1 Å². The molecule has 1 heterocycles. The number of alkyl halides is 3. The third-order valence-corrected chi connectivity index (χ3v) is 3.22. The lowest BCUT2D eigenvalue weighted by molar-refractivity contribution is -0.211. The summed E-state index contributed by atoms with van der Waals surface area (Å²) in [6, 6.07) is -2.93. The predicted octanol–water partition coefficient (Wildman–Crippen LogP) is 1.07. The fraction of sp³-hybridized carbons (Fsp3) is 0.909. The fourth-order valence-electron chi connectivity index (χ4n) is 2.46. The zero-order chi connectivity index (χ0) is 14.8. The molecular weight excluding hydrogens is 265 g/mol. The van der Waals surface area contributed by atoms with Crippen LogP contribution in [0.15, 0.2) is 0 Å². The van der Waals surface area contributed by atoms with Gasteiger partial charge in [-0.3, -0.25) is 4.90 Å². The lowest BCUT2D eigenvalue weighted by atomic mass is 10.0. The summed E-state index contributed by atoms with van der Waals surface area (Å²) in [6.07, 6.45) is -5.28. The molecule has 0 spiro atoms. The molecule has 2 unspecified atom stereocenters. The van der Waals surface area contributed by atoms with E-state index in [1.807, 2.05) is 0 Å². The maximum absolute atomic E-state index is 13.1. The number of amides is 1. The van der Waals surface area contributed by atoms with Crippen molar-refractivity contribution < 1.29 is 27.8 Å². The van der Waals surface area contributed by atoms with E-state index in [2.05, 4.69) is 4.74 Å². The Bertz CT molecular complexity index is 323. The molecule has 0 aromatic heterocycles. The highest BCUT2D eigenvalue weighted by Crippen LogP contribution is 2.31. The van der Waals surface area contributed by atoms with Crippen molar-refractivity contribution in [2.75, 3.05) is 26.8 Å². The molecule has 1 rings (SSSR count). The third kappa shape index (κ3) is 3.50. The van der Waals surface area contributed by atoms with E-state index in [0.717, 1.165) is 12.0 Å². The standard InChI is InChI=1S/C11H19F3N2O3/c1-7(2)16-8(6-17)4-15(10(18)19-3)5-9(16)11(12,13)14/h7-9,17H,4-6H2,1-3H3. The number of ether oxygens (including phenoxy) is 1. The lowest BCUT2D eigenvalue weighted by Crippen LogP contribution is -2.66. The van der Waals surface area contributed by atoms with E-state index < -0.39 is 37.5 Å². The van der Waals surface area contributed by atoms with Crippen molar-refractivity contribution in [2.45, 2.75) is 38.1 Å². The van der Waals surface area contributed by atoms with Crippen LogP contribution in [0.5, 0.6) is 0 Å². The zero-order valence-corrected chi connectivity index (χ0v) is 11.1. The van der Waals surface area contributed by atoms with Crippen molar-refractivity contribution in [2.24, 2.45) is 0 Å². The number of aliphatic hydroxyl groups is 1. The van der Waals surface area contributed by atoms with Gasteiger partial charge in [0.2, 0.25) is 0 Å². The number of carbonyl (C=O) groups excluding carboxylic acids is 1. The molecule has 1 saturated heterocycles. The molecule has 0 aromatic rings. The van der Waals surface area contributed by atoms with Gasteiger partial charge >= 0.3 is 12.3 Å². The first-order valence-electron chi connectivity index (χ1n) is 6.00. The molecule has 0 aromatic carbocycles. The van der Waals surface area contributed by atoms with Crippen LogP contribution in [0, 0.1) is 0 Å². The summed E-state index contributed by atoms with van der Waals surface area (Å²) in [5, 5.41) is 9.28. The highest BCUT2D eigenvalue weighted by Gasteiger charge is 2.51. The van der Waals surface area contributed by atoms with E-state index in [1.165, 1.54) is 4.90 Å². The van der Waals surface area contributed by atoms with Crippen LogP contribution in [0.3, 0.4) is 0 Å². The molecule has 19 heavy (non-hydrogen) atoms. The van der Waals surface area contributed by atoms with Crippen LogP contribution >= 0.6 is 0 Å². The SMILES string of the molecule is COC(=O)N1CC(CO)N(C(C)C)C(C(F)(F)F)C1. The molecule has 1 amide bonds. The number of piperazine rings is 1.